The van der Waals surface area contributed by atoms with Crippen LogP contribution >= 0.6 is 11.8 Å². The molecule has 25 heavy (non-hydrogen) atoms. The number of ether oxygens (including phenoxy) is 2. The van der Waals surface area contributed by atoms with Gasteiger partial charge >= 0.3 is 0 Å². The molecule has 0 aromatic heterocycles. The molecule has 1 atom stereocenters. The highest BCUT2D eigenvalue weighted by atomic mass is 32.2. The Morgan fingerprint density at radius 3 is 2.84 bits per heavy atom. The van der Waals surface area contributed by atoms with Gasteiger partial charge in [0.25, 0.3) is 0 Å². The van der Waals surface area contributed by atoms with Crippen molar-refractivity contribution >= 4 is 16.9 Å². The fourth-order valence-corrected chi connectivity index (χ4v) is 4.02. The third kappa shape index (κ3) is 4.60. The van der Waals surface area contributed by atoms with Crippen LogP contribution in [0, 0.1) is 0 Å². The number of methoxy groups -OCH3 is 2. The molecule has 1 aromatic rings. The Balaban J connectivity index is 1.91. The van der Waals surface area contributed by atoms with Gasteiger partial charge in [-0.2, -0.15) is 0 Å². The van der Waals surface area contributed by atoms with Gasteiger partial charge in [0.15, 0.2) is 5.17 Å². The van der Waals surface area contributed by atoms with Gasteiger partial charge < -0.3 is 14.8 Å². The quantitative estimate of drug-likeness (QED) is 0.813. The molecule has 0 spiro atoms. The lowest BCUT2D eigenvalue weighted by atomic mass is 9.92. The van der Waals surface area contributed by atoms with Gasteiger partial charge in [-0.3, -0.25) is 4.99 Å². The van der Waals surface area contributed by atoms with E-state index < -0.39 is 0 Å². The van der Waals surface area contributed by atoms with Crippen molar-refractivity contribution in [3.05, 3.63) is 47.1 Å². The molecule has 0 fully saturated rings. The number of nitrogens with one attached hydrogen (secondary N) is 1. The molecule has 0 saturated heterocycles. The van der Waals surface area contributed by atoms with Crippen LogP contribution in [-0.4, -0.2) is 31.7 Å². The minimum atomic E-state index is 0.0998. The lowest BCUT2D eigenvalue weighted by Gasteiger charge is -2.24. The number of benzene rings is 1. The van der Waals surface area contributed by atoms with Crippen LogP contribution in [0.4, 0.5) is 0 Å². The van der Waals surface area contributed by atoms with Crippen molar-refractivity contribution in [2.75, 3.05) is 26.5 Å². The Labute approximate surface area is 154 Å². The first kappa shape index (κ1) is 17.9. The lowest BCUT2D eigenvalue weighted by molar-refractivity contribution is 0.393. The molecule has 0 amide bonds. The van der Waals surface area contributed by atoms with Crippen LogP contribution in [0.15, 0.2) is 46.5 Å². The summed E-state index contributed by atoms with van der Waals surface area (Å²) >= 11 is 1.78. The van der Waals surface area contributed by atoms with Gasteiger partial charge in [0.2, 0.25) is 0 Å². The fourth-order valence-electron chi connectivity index (χ4n) is 3.23. The summed E-state index contributed by atoms with van der Waals surface area (Å²) in [7, 11) is 3.41. The summed E-state index contributed by atoms with van der Waals surface area (Å²) in [6.45, 7) is 3.09. The second kappa shape index (κ2) is 8.48. The van der Waals surface area contributed by atoms with Crippen LogP contribution in [0.3, 0.4) is 0 Å². The summed E-state index contributed by atoms with van der Waals surface area (Å²) < 4.78 is 11.1. The predicted molar refractivity (Wildman–Crippen MR) is 106 cm³/mol. The topological polar surface area (TPSA) is 42.9 Å². The number of allylic oxidation sites excluding steroid dienone is 3. The Morgan fingerprint density at radius 1 is 1.28 bits per heavy atom. The Bertz CT molecular complexity index is 710. The summed E-state index contributed by atoms with van der Waals surface area (Å²) in [4.78, 5) is 4.57. The summed E-state index contributed by atoms with van der Waals surface area (Å²) in [6, 6.07) is 6.08. The maximum Gasteiger partial charge on any atom is 0.157 e. The first-order valence-corrected chi connectivity index (χ1v) is 9.70. The van der Waals surface area contributed by atoms with Gasteiger partial charge in [0.05, 0.1) is 26.8 Å². The number of hydrogen-bond donors (Lipinski definition) is 1. The van der Waals surface area contributed by atoms with E-state index in [9.17, 15) is 0 Å². The number of hydrogen-bond acceptors (Lipinski definition) is 5. The summed E-state index contributed by atoms with van der Waals surface area (Å²) in [5.41, 5.74) is 3.92. The molecule has 1 unspecified atom stereocenters. The van der Waals surface area contributed by atoms with Crippen LogP contribution in [0.25, 0.3) is 0 Å². The van der Waals surface area contributed by atoms with Crippen LogP contribution in [0.5, 0.6) is 11.5 Å². The van der Waals surface area contributed by atoms with Crippen molar-refractivity contribution in [3.8, 4) is 11.5 Å². The minimum absolute atomic E-state index is 0.0998. The zero-order valence-corrected chi connectivity index (χ0v) is 16.0. The molecule has 134 valence electrons. The summed E-state index contributed by atoms with van der Waals surface area (Å²) in [5, 5.41) is 4.65. The SMILES string of the molecule is COc1ccc(OC)c(C(CC2=CCCC(C)=C2)NC2=NCCS2)c1. The molecular formula is C20H26N2O2S. The highest BCUT2D eigenvalue weighted by molar-refractivity contribution is 8.14. The van der Waals surface area contributed by atoms with E-state index in [4.69, 9.17) is 9.47 Å². The monoisotopic (exact) mass is 358 g/mol. The maximum atomic E-state index is 5.62. The standard InChI is InChI=1S/C20H26N2O2S/c1-14-5-4-6-15(11-14)12-18(22-20-21-9-10-25-20)17-13-16(23-2)7-8-19(17)24-3/h6-8,11,13,18H,4-5,9-10,12H2,1-3H3,(H,21,22). The Hall–Kier alpha value is -1.88. The van der Waals surface area contributed by atoms with Crippen molar-refractivity contribution in [1.82, 2.24) is 5.32 Å². The molecule has 1 aromatic carbocycles. The fraction of sp³-hybridized carbons (Fsp3) is 0.450. The largest absolute Gasteiger partial charge is 0.497 e. The van der Waals surface area contributed by atoms with Crippen molar-refractivity contribution in [2.24, 2.45) is 4.99 Å². The second-order valence-corrected chi connectivity index (χ2v) is 7.44. The molecule has 0 radical (unpaired) electrons. The van der Waals surface area contributed by atoms with Gasteiger partial charge in [0.1, 0.15) is 11.5 Å². The molecule has 1 heterocycles. The lowest BCUT2D eigenvalue weighted by Crippen LogP contribution is -2.26. The highest BCUT2D eigenvalue weighted by Gasteiger charge is 2.21. The van der Waals surface area contributed by atoms with Crippen molar-refractivity contribution in [1.29, 1.82) is 0 Å². The smallest absolute Gasteiger partial charge is 0.157 e. The summed E-state index contributed by atoms with van der Waals surface area (Å²) in [6.07, 6.45) is 7.84. The van der Waals surface area contributed by atoms with Gasteiger partial charge in [-0.1, -0.05) is 29.5 Å². The molecular weight excluding hydrogens is 332 g/mol. The second-order valence-electron chi connectivity index (χ2n) is 6.35. The van der Waals surface area contributed by atoms with Crippen LogP contribution in [0.2, 0.25) is 0 Å². The van der Waals surface area contributed by atoms with Gasteiger partial charge in [-0.25, -0.2) is 0 Å². The zero-order chi connectivity index (χ0) is 17.6. The number of rotatable bonds is 6. The van der Waals surface area contributed by atoms with Gasteiger partial charge in [-0.15, -0.1) is 0 Å². The molecule has 1 aliphatic carbocycles. The highest BCUT2D eigenvalue weighted by Crippen LogP contribution is 2.35. The van der Waals surface area contributed by atoms with E-state index in [-0.39, 0.29) is 6.04 Å². The normalized spacial score (nSPS) is 18.1. The minimum Gasteiger partial charge on any atom is -0.497 e. The van der Waals surface area contributed by atoms with Gasteiger partial charge in [0, 0.05) is 11.3 Å². The number of amidine groups is 1. The molecule has 0 saturated carbocycles. The molecule has 4 nitrogen and oxygen atoms in total. The maximum absolute atomic E-state index is 5.62. The number of thioether (sulfide) groups is 1. The molecule has 1 N–H and O–H groups in total. The van der Waals surface area contributed by atoms with Crippen LogP contribution in [-0.2, 0) is 0 Å². The first-order chi connectivity index (χ1) is 12.2. The van der Waals surface area contributed by atoms with E-state index in [0.29, 0.717) is 0 Å². The van der Waals surface area contributed by atoms with Crippen molar-refractivity contribution in [2.45, 2.75) is 32.2 Å². The Morgan fingerprint density at radius 2 is 2.16 bits per heavy atom. The molecule has 3 rings (SSSR count). The average Bonchev–Trinajstić information content (AvgIpc) is 3.14. The van der Waals surface area contributed by atoms with E-state index in [1.54, 1.807) is 26.0 Å². The third-order valence-corrected chi connectivity index (χ3v) is 5.42. The molecule has 1 aliphatic heterocycles. The zero-order valence-electron chi connectivity index (χ0n) is 15.2. The van der Waals surface area contributed by atoms with E-state index >= 15 is 0 Å². The third-order valence-electron chi connectivity index (χ3n) is 4.51. The summed E-state index contributed by atoms with van der Waals surface area (Å²) in [5.74, 6) is 2.76. The molecule has 0 bridgehead atoms. The molecule has 5 heteroatoms. The first-order valence-electron chi connectivity index (χ1n) is 8.71. The van der Waals surface area contributed by atoms with E-state index in [2.05, 4.69) is 35.5 Å². The Kier molecular flexibility index (Phi) is 6.08. The number of nitrogens with zero attached hydrogens (tertiary/aromatic N) is 1. The average molecular weight is 359 g/mol. The van der Waals surface area contributed by atoms with E-state index in [1.165, 1.54) is 11.1 Å². The van der Waals surface area contributed by atoms with E-state index in [0.717, 1.165) is 53.8 Å². The molecule has 2 aliphatic rings. The number of aliphatic imine (C=N–C) groups is 1. The van der Waals surface area contributed by atoms with E-state index in [1.807, 2.05) is 12.1 Å². The predicted octanol–water partition coefficient (Wildman–Crippen LogP) is 4.49. The van der Waals surface area contributed by atoms with Crippen molar-refractivity contribution in [3.63, 3.8) is 0 Å². The van der Waals surface area contributed by atoms with Gasteiger partial charge in [-0.05, 0) is 50.0 Å². The van der Waals surface area contributed by atoms with Crippen LogP contribution < -0.4 is 14.8 Å². The van der Waals surface area contributed by atoms with Crippen LogP contribution in [0.1, 0.15) is 37.8 Å². The van der Waals surface area contributed by atoms with Crippen molar-refractivity contribution < 1.29 is 9.47 Å².